The molecule has 0 saturated heterocycles. The van der Waals surface area contributed by atoms with Gasteiger partial charge in [0.2, 0.25) is 5.13 Å². The zero-order valence-electron chi connectivity index (χ0n) is 10.7. The van der Waals surface area contributed by atoms with Crippen molar-refractivity contribution in [3.63, 3.8) is 0 Å². The molecule has 2 aromatic heterocycles. The monoisotopic (exact) mass is 318 g/mol. The van der Waals surface area contributed by atoms with E-state index in [0.717, 1.165) is 5.69 Å². The van der Waals surface area contributed by atoms with E-state index in [4.69, 9.17) is 4.74 Å². The van der Waals surface area contributed by atoms with Gasteiger partial charge in [0.15, 0.2) is 0 Å². The number of hydrogen-bond acceptors (Lipinski definition) is 7. The number of carbonyl (C=O) groups excluding carboxylic acids is 1. The first kappa shape index (κ1) is 13.7. The average molecular weight is 318 g/mol. The molecule has 21 heavy (non-hydrogen) atoms. The average Bonchev–Trinajstić information content (AvgIpc) is 3.19. The van der Waals surface area contributed by atoms with Crippen molar-refractivity contribution in [1.29, 1.82) is 0 Å². The standard InChI is InChI=1S/C13H10N4O2S2/c18-12(16-13-17-15-8-21-13)9-1-3-11(4-2-9)19-5-10-6-20-7-14-10/h1-4,6-8H,5H2,(H,16,17,18). The molecule has 6 nitrogen and oxygen atoms in total. The van der Waals surface area contributed by atoms with Gasteiger partial charge in [-0.15, -0.1) is 21.5 Å². The van der Waals surface area contributed by atoms with E-state index < -0.39 is 0 Å². The molecule has 1 amide bonds. The lowest BCUT2D eigenvalue weighted by Gasteiger charge is -2.05. The molecule has 1 N–H and O–H groups in total. The third kappa shape index (κ3) is 3.61. The molecule has 2 heterocycles. The molecule has 0 aliphatic carbocycles. The number of rotatable bonds is 5. The summed E-state index contributed by atoms with van der Waals surface area (Å²) in [7, 11) is 0. The van der Waals surface area contributed by atoms with Crippen LogP contribution >= 0.6 is 22.7 Å². The number of ether oxygens (including phenoxy) is 1. The van der Waals surface area contributed by atoms with Gasteiger partial charge in [-0.25, -0.2) is 4.98 Å². The van der Waals surface area contributed by atoms with Gasteiger partial charge in [0.25, 0.3) is 5.91 Å². The maximum Gasteiger partial charge on any atom is 0.257 e. The molecule has 0 aliphatic heterocycles. The first-order valence-electron chi connectivity index (χ1n) is 5.99. The molecule has 0 saturated carbocycles. The lowest BCUT2D eigenvalue weighted by molar-refractivity contribution is 0.102. The number of nitrogens with zero attached hydrogens (tertiary/aromatic N) is 3. The molecular weight excluding hydrogens is 308 g/mol. The normalized spacial score (nSPS) is 10.3. The van der Waals surface area contributed by atoms with Gasteiger partial charge < -0.3 is 4.74 Å². The minimum Gasteiger partial charge on any atom is -0.487 e. The number of aromatic nitrogens is 3. The first-order valence-corrected chi connectivity index (χ1v) is 7.81. The fourth-order valence-corrected chi connectivity index (χ4v) is 2.55. The molecule has 0 bridgehead atoms. The Kier molecular flexibility index (Phi) is 4.17. The predicted molar refractivity (Wildman–Crippen MR) is 80.8 cm³/mol. The van der Waals surface area contributed by atoms with Gasteiger partial charge in [0, 0.05) is 10.9 Å². The van der Waals surface area contributed by atoms with E-state index in [1.165, 1.54) is 22.7 Å². The molecular formula is C13H10N4O2S2. The number of hydrogen-bond donors (Lipinski definition) is 1. The van der Waals surface area contributed by atoms with E-state index >= 15 is 0 Å². The number of benzene rings is 1. The number of nitrogens with one attached hydrogen (secondary N) is 1. The minimum absolute atomic E-state index is 0.224. The van der Waals surface area contributed by atoms with Crippen LogP contribution in [0.3, 0.4) is 0 Å². The number of anilines is 1. The van der Waals surface area contributed by atoms with Gasteiger partial charge in [0.05, 0.1) is 11.2 Å². The highest BCUT2D eigenvalue weighted by atomic mass is 32.1. The largest absolute Gasteiger partial charge is 0.487 e. The third-order valence-electron chi connectivity index (χ3n) is 2.57. The zero-order chi connectivity index (χ0) is 14.5. The molecule has 0 unspecified atom stereocenters. The third-order valence-corrected chi connectivity index (χ3v) is 3.81. The van der Waals surface area contributed by atoms with E-state index in [9.17, 15) is 4.79 Å². The maximum absolute atomic E-state index is 11.9. The Bertz CT molecular complexity index is 696. The van der Waals surface area contributed by atoms with Gasteiger partial charge in [-0.3, -0.25) is 10.1 Å². The van der Waals surface area contributed by atoms with E-state index in [1.54, 1.807) is 35.3 Å². The molecule has 1 aromatic carbocycles. The van der Waals surface area contributed by atoms with Crippen molar-refractivity contribution in [2.45, 2.75) is 6.61 Å². The van der Waals surface area contributed by atoms with Crippen LogP contribution in [0.4, 0.5) is 5.13 Å². The molecule has 3 aromatic rings. The van der Waals surface area contributed by atoms with Crippen LogP contribution in [-0.4, -0.2) is 21.1 Å². The summed E-state index contributed by atoms with van der Waals surface area (Å²) in [6.07, 6.45) is 0. The molecule has 106 valence electrons. The van der Waals surface area contributed by atoms with Crippen LogP contribution in [0, 0.1) is 0 Å². The van der Waals surface area contributed by atoms with Crippen LogP contribution in [0.25, 0.3) is 0 Å². The summed E-state index contributed by atoms with van der Waals surface area (Å²) in [5.41, 5.74) is 4.74. The molecule has 0 radical (unpaired) electrons. The van der Waals surface area contributed by atoms with Gasteiger partial charge in [-0.05, 0) is 24.3 Å². The maximum atomic E-state index is 11.9. The van der Waals surface area contributed by atoms with Gasteiger partial charge in [0.1, 0.15) is 17.9 Å². The summed E-state index contributed by atoms with van der Waals surface area (Å²) < 4.78 is 5.58. The smallest absolute Gasteiger partial charge is 0.257 e. The Labute approximate surface area is 128 Å². The second-order valence-electron chi connectivity index (χ2n) is 3.99. The van der Waals surface area contributed by atoms with Crippen molar-refractivity contribution < 1.29 is 9.53 Å². The highest BCUT2D eigenvalue weighted by Crippen LogP contribution is 2.16. The van der Waals surface area contributed by atoms with Crippen molar-refractivity contribution in [3.05, 3.63) is 51.9 Å². The Hall–Kier alpha value is -2.32. The predicted octanol–water partition coefficient (Wildman–Crippen LogP) is 2.83. The summed E-state index contributed by atoms with van der Waals surface area (Å²) >= 11 is 2.80. The van der Waals surface area contributed by atoms with Crippen molar-refractivity contribution in [3.8, 4) is 5.75 Å². The number of amides is 1. The van der Waals surface area contributed by atoms with E-state index in [-0.39, 0.29) is 5.91 Å². The van der Waals surface area contributed by atoms with Crippen LogP contribution in [0.5, 0.6) is 5.75 Å². The molecule has 0 fully saturated rings. The minimum atomic E-state index is -0.224. The van der Waals surface area contributed by atoms with Gasteiger partial charge in [-0.2, -0.15) is 0 Å². The van der Waals surface area contributed by atoms with E-state index in [0.29, 0.717) is 23.1 Å². The number of thiazole rings is 1. The van der Waals surface area contributed by atoms with Crippen molar-refractivity contribution >= 4 is 33.7 Å². The Balaban J connectivity index is 1.59. The van der Waals surface area contributed by atoms with Crippen LogP contribution in [0.2, 0.25) is 0 Å². The lowest BCUT2D eigenvalue weighted by Crippen LogP contribution is -2.11. The highest BCUT2D eigenvalue weighted by molar-refractivity contribution is 7.13. The second kappa shape index (κ2) is 6.42. The Morgan fingerprint density at radius 3 is 2.76 bits per heavy atom. The van der Waals surface area contributed by atoms with Crippen LogP contribution in [-0.2, 0) is 6.61 Å². The topological polar surface area (TPSA) is 77.0 Å². The lowest BCUT2D eigenvalue weighted by atomic mass is 10.2. The van der Waals surface area contributed by atoms with Crippen LogP contribution < -0.4 is 10.1 Å². The van der Waals surface area contributed by atoms with Gasteiger partial charge >= 0.3 is 0 Å². The summed E-state index contributed by atoms with van der Waals surface area (Å²) in [4.78, 5) is 16.1. The quantitative estimate of drug-likeness (QED) is 0.783. The highest BCUT2D eigenvalue weighted by Gasteiger charge is 2.08. The molecule has 0 aliphatic rings. The Morgan fingerprint density at radius 1 is 1.24 bits per heavy atom. The Morgan fingerprint density at radius 2 is 2.10 bits per heavy atom. The molecule has 0 spiro atoms. The SMILES string of the molecule is O=C(Nc1nncs1)c1ccc(OCc2cscn2)cc1. The molecule has 0 atom stereocenters. The summed E-state index contributed by atoms with van der Waals surface area (Å²) in [6.45, 7) is 0.416. The second-order valence-corrected chi connectivity index (χ2v) is 5.54. The van der Waals surface area contributed by atoms with Crippen LogP contribution in [0.1, 0.15) is 16.1 Å². The summed E-state index contributed by atoms with van der Waals surface area (Å²) in [5.74, 6) is 0.466. The fraction of sp³-hybridized carbons (Fsp3) is 0.0769. The summed E-state index contributed by atoms with van der Waals surface area (Å²) in [5, 5.41) is 12.5. The van der Waals surface area contributed by atoms with Gasteiger partial charge in [-0.1, -0.05) is 11.3 Å². The van der Waals surface area contributed by atoms with Crippen molar-refractivity contribution in [1.82, 2.24) is 15.2 Å². The fourth-order valence-electron chi connectivity index (χ4n) is 1.57. The zero-order valence-corrected chi connectivity index (χ0v) is 12.4. The van der Waals surface area contributed by atoms with E-state index in [1.807, 2.05) is 5.38 Å². The van der Waals surface area contributed by atoms with E-state index in [2.05, 4.69) is 20.5 Å². The first-order chi connectivity index (χ1) is 10.3. The van der Waals surface area contributed by atoms with Crippen molar-refractivity contribution in [2.75, 3.05) is 5.32 Å². The summed E-state index contributed by atoms with van der Waals surface area (Å²) in [6, 6.07) is 6.91. The van der Waals surface area contributed by atoms with Crippen molar-refractivity contribution in [2.24, 2.45) is 0 Å². The molecule has 8 heteroatoms. The van der Waals surface area contributed by atoms with Crippen LogP contribution in [0.15, 0.2) is 40.7 Å². The number of carbonyl (C=O) groups is 1. The molecule has 3 rings (SSSR count).